The lowest BCUT2D eigenvalue weighted by atomic mass is 10.0. The summed E-state index contributed by atoms with van der Waals surface area (Å²) in [5.74, 6) is 0.818. The number of unbranched alkanes of at least 4 members (excludes halogenated alkanes) is 1. The van der Waals surface area contributed by atoms with E-state index in [0.717, 1.165) is 56.1 Å². The Labute approximate surface area is 143 Å². The molecule has 0 amide bonds. The highest BCUT2D eigenvalue weighted by atomic mass is 16.6. The van der Waals surface area contributed by atoms with E-state index >= 15 is 0 Å². The van der Waals surface area contributed by atoms with Crippen LogP contribution >= 0.6 is 0 Å². The Morgan fingerprint density at radius 2 is 2.29 bits per heavy atom. The first-order valence-corrected chi connectivity index (χ1v) is 9.15. The fourth-order valence-electron chi connectivity index (χ4n) is 3.90. The van der Waals surface area contributed by atoms with E-state index < -0.39 is 0 Å². The molecule has 24 heavy (non-hydrogen) atoms. The van der Waals surface area contributed by atoms with E-state index in [2.05, 4.69) is 22.5 Å². The molecule has 0 spiro atoms. The average molecular weight is 332 g/mol. The largest absolute Gasteiger partial charge is 0.384 e. The molecular formula is C18H28N4O2. The fraction of sp³-hybridized carbons (Fsp3) is 0.667. The third-order valence-electron chi connectivity index (χ3n) is 5.12. The minimum atomic E-state index is -0.282. The Bertz CT molecular complexity index is 591. The number of benzene rings is 1. The molecule has 1 unspecified atom stereocenters. The second kappa shape index (κ2) is 7.83. The van der Waals surface area contributed by atoms with E-state index in [1.165, 1.54) is 25.9 Å². The second-order valence-electron chi connectivity index (χ2n) is 7.10. The molecule has 6 heteroatoms. The number of likely N-dealkylation sites (tertiary alicyclic amines) is 1. The molecular weight excluding hydrogens is 304 g/mol. The minimum absolute atomic E-state index is 0.197. The van der Waals surface area contributed by atoms with Crippen molar-refractivity contribution in [2.45, 2.75) is 39.0 Å². The summed E-state index contributed by atoms with van der Waals surface area (Å²) in [5.41, 5.74) is 3.01. The smallest absolute Gasteiger partial charge is 0.292 e. The van der Waals surface area contributed by atoms with Crippen molar-refractivity contribution in [1.82, 2.24) is 4.90 Å². The number of hydrogen-bond acceptors (Lipinski definition) is 5. The first-order valence-electron chi connectivity index (χ1n) is 9.15. The molecule has 1 fully saturated rings. The van der Waals surface area contributed by atoms with Gasteiger partial charge in [-0.2, -0.15) is 0 Å². The van der Waals surface area contributed by atoms with Crippen LogP contribution in [0.1, 0.15) is 38.2 Å². The van der Waals surface area contributed by atoms with Crippen molar-refractivity contribution < 1.29 is 4.92 Å². The van der Waals surface area contributed by atoms with E-state index in [1.807, 2.05) is 6.07 Å². The number of nitrogens with zero attached hydrogens (tertiary/aromatic N) is 2. The van der Waals surface area contributed by atoms with Gasteiger partial charge >= 0.3 is 0 Å². The van der Waals surface area contributed by atoms with E-state index in [4.69, 9.17) is 0 Å². The molecule has 1 saturated heterocycles. The van der Waals surface area contributed by atoms with Gasteiger partial charge < -0.3 is 15.5 Å². The first kappa shape index (κ1) is 17.0. The van der Waals surface area contributed by atoms with Crippen molar-refractivity contribution in [3.05, 3.63) is 27.8 Å². The molecule has 2 N–H and O–H groups in total. The summed E-state index contributed by atoms with van der Waals surface area (Å²) in [6.45, 7) is 7.57. The zero-order chi connectivity index (χ0) is 16.9. The summed E-state index contributed by atoms with van der Waals surface area (Å²) in [4.78, 5) is 13.6. The van der Waals surface area contributed by atoms with Crippen molar-refractivity contribution in [2.24, 2.45) is 5.92 Å². The number of hydrogen-bond donors (Lipinski definition) is 2. The Hall–Kier alpha value is -1.82. The van der Waals surface area contributed by atoms with Crippen LogP contribution in [0.2, 0.25) is 0 Å². The van der Waals surface area contributed by atoms with Gasteiger partial charge in [0.05, 0.1) is 4.92 Å². The van der Waals surface area contributed by atoms with Crippen molar-refractivity contribution in [3.8, 4) is 0 Å². The van der Waals surface area contributed by atoms with E-state index in [0.29, 0.717) is 5.69 Å². The lowest BCUT2D eigenvalue weighted by Crippen LogP contribution is -2.35. The van der Waals surface area contributed by atoms with Crippen molar-refractivity contribution in [3.63, 3.8) is 0 Å². The summed E-state index contributed by atoms with van der Waals surface area (Å²) < 4.78 is 0. The Kier molecular flexibility index (Phi) is 5.56. The molecule has 0 aromatic heterocycles. The Morgan fingerprint density at radius 3 is 3.08 bits per heavy atom. The molecule has 0 radical (unpaired) electrons. The summed E-state index contributed by atoms with van der Waals surface area (Å²) in [5, 5.41) is 17.9. The zero-order valence-electron chi connectivity index (χ0n) is 14.5. The van der Waals surface area contributed by atoms with Crippen LogP contribution in [0.25, 0.3) is 0 Å². The standard InChI is InChI=1S/C18H28N4O2/c1-14-5-4-12-21(13-14)11-3-2-9-20-18-15-8-10-19-16(15)6-7-17(18)22(23)24/h6-7,14,19-20H,2-5,8-13H2,1H3. The van der Waals surface area contributed by atoms with Gasteiger partial charge in [0.25, 0.3) is 5.69 Å². The van der Waals surface area contributed by atoms with E-state index in [9.17, 15) is 10.1 Å². The van der Waals surface area contributed by atoms with Crippen LogP contribution in [0.15, 0.2) is 12.1 Å². The summed E-state index contributed by atoms with van der Waals surface area (Å²) >= 11 is 0. The lowest BCUT2D eigenvalue weighted by Gasteiger charge is -2.30. The molecule has 0 saturated carbocycles. The Morgan fingerprint density at radius 1 is 1.42 bits per heavy atom. The molecule has 1 aromatic rings. The van der Waals surface area contributed by atoms with Crippen LogP contribution in [0.4, 0.5) is 17.1 Å². The quantitative estimate of drug-likeness (QED) is 0.454. The van der Waals surface area contributed by atoms with Crippen LogP contribution in [0.3, 0.4) is 0 Å². The van der Waals surface area contributed by atoms with Crippen LogP contribution in [0, 0.1) is 16.0 Å². The minimum Gasteiger partial charge on any atom is -0.384 e. The molecule has 2 aliphatic heterocycles. The molecule has 3 rings (SSSR count). The van der Waals surface area contributed by atoms with Crippen LogP contribution in [-0.2, 0) is 6.42 Å². The summed E-state index contributed by atoms with van der Waals surface area (Å²) in [7, 11) is 0. The molecule has 2 heterocycles. The van der Waals surface area contributed by atoms with E-state index in [-0.39, 0.29) is 10.6 Å². The Balaban J connectivity index is 1.50. The highest BCUT2D eigenvalue weighted by Crippen LogP contribution is 2.36. The highest BCUT2D eigenvalue weighted by molar-refractivity contribution is 5.77. The first-order chi connectivity index (χ1) is 11.6. The number of nitro groups is 1. The van der Waals surface area contributed by atoms with Gasteiger partial charge in [0.15, 0.2) is 0 Å². The van der Waals surface area contributed by atoms with Gasteiger partial charge in [-0.25, -0.2) is 0 Å². The molecule has 2 aliphatic rings. The number of anilines is 2. The molecule has 1 atom stereocenters. The maximum absolute atomic E-state index is 11.3. The molecule has 6 nitrogen and oxygen atoms in total. The predicted octanol–water partition coefficient (Wildman–Crippen LogP) is 3.49. The van der Waals surface area contributed by atoms with Gasteiger partial charge in [-0.1, -0.05) is 6.92 Å². The van der Waals surface area contributed by atoms with Crippen molar-refractivity contribution in [2.75, 3.05) is 43.4 Å². The van der Waals surface area contributed by atoms with E-state index in [1.54, 1.807) is 6.07 Å². The molecule has 0 aliphatic carbocycles. The maximum atomic E-state index is 11.3. The number of rotatable bonds is 7. The SMILES string of the molecule is CC1CCCN(CCCCNc2c([N+](=O)[O-])ccc3c2CCN3)C1. The lowest BCUT2D eigenvalue weighted by molar-refractivity contribution is -0.384. The topological polar surface area (TPSA) is 70.4 Å². The van der Waals surface area contributed by atoms with Gasteiger partial charge in [-0.05, 0) is 57.2 Å². The monoisotopic (exact) mass is 332 g/mol. The van der Waals surface area contributed by atoms with Crippen LogP contribution in [-0.4, -0.2) is 42.5 Å². The van der Waals surface area contributed by atoms with Crippen LogP contribution in [0.5, 0.6) is 0 Å². The molecule has 1 aromatic carbocycles. The number of fused-ring (bicyclic) bond motifs is 1. The normalized spacial score (nSPS) is 20.5. The highest BCUT2D eigenvalue weighted by Gasteiger charge is 2.23. The second-order valence-corrected chi connectivity index (χ2v) is 7.10. The third kappa shape index (κ3) is 3.98. The van der Waals surface area contributed by atoms with Crippen molar-refractivity contribution in [1.29, 1.82) is 0 Å². The van der Waals surface area contributed by atoms with Crippen LogP contribution < -0.4 is 10.6 Å². The predicted molar refractivity (Wildman–Crippen MR) is 97.9 cm³/mol. The van der Waals surface area contributed by atoms with Gasteiger partial charge in [-0.15, -0.1) is 0 Å². The molecule has 132 valence electrons. The zero-order valence-corrected chi connectivity index (χ0v) is 14.5. The molecule has 0 bridgehead atoms. The van der Waals surface area contributed by atoms with Gasteiger partial charge in [0, 0.05) is 37.0 Å². The van der Waals surface area contributed by atoms with Crippen molar-refractivity contribution >= 4 is 17.1 Å². The fourth-order valence-corrected chi connectivity index (χ4v) is 3.90. The third-order valence-corrected chi connectivity index (χ3v) is 5.12. The number of nitrogens with one attached hydrogen (secondary N) is 2. The summed E-state index contributed by atoms with van der Waals surface area (Å²) in [6.07, 6.45) is 5.70. The average Bonchev–Trinajstić information content (AvgIpc) is 3.03. The maximum Gasteiger partial charge on any atom is 0.292 e. The van der Waals surface area contributed by atoms with Gasteiger partial charge in [0.1, 0.15) is 5.69 Å². The number of piperidine rings is 1. The van der Waals surface area contributed by atoms with Gasteiger partial charge in [0.2, 0.25) is 0 Å². The number of nitro benzene ring substituents is 1. The van der Waals surface area contributed by atoms with Gasteiger partial charge in [-0.3, -0.25) is 10.1 Å². The summed E-state index contributed by atoms with van der Waals surface area (Å²) in [6, 6.07) is 3.43.